The van der Waals surface area contributed by atoms with Gasteiger partial charge in [-0.05, 0) is 43.7 Å². The van der Waals surface area contributed by atoms with Crippen LogP contribution in [-0.2, 0) is 0 Å². The molecule has 1 fully saturated rings. The number of rotatable bonds is 3. The van der Waals surface area contributed by atoms with Crippen molar-refractivity contribution in [2.75, 3.05) is 6.54 Å². The summed E-state index contributed by atoms with van der Waals surface area (Å²) >= 11 is 0. The highest BCUT2D eigenvalue weighted by Crippen LogP contribution is 2.24. The minimum atomic E-state index is -0.855. The number of aryl methyl sites for hydroxylation is 1. The smallest absolute Gasteiger partial charge is 0.254 e. The Labute approximate surface area is 110 Å². The number of hydrogen-bond donors (Lipinski definition) is 2. The molecule has 1 aromatic rings. The van der Waals surface area contributed by atoms with Gasteiger partial charge in [-0.15, -0.1) is 0 Å². The molecule has 1 saturated carbocycles. The van der Waals surface area contributed by atoms with Gasteiger partial charge in [-0.25, -0.2) is 8.78 Å². The molecule has 0 aliphatic heterocycles. The molecule has 1 aromatic carbocycles. The van der Waals surface area contributed by atoms with E-state index < -0.39 is 17.5 Å². The lowest BCUT2D eigenvalue weighted by atomic mass is 10.1. The van der Waals surface area contributed by atoms with Crippen LogP contribution in [-0.4, -0.2) is 23.7 Å². The normalized spacial score (nSPS) is 22.5. The SMILES string of the molecule is Cc1cc(C(=O)NCC2CCC(O)C2)c(F)cc1F. The van der Waals surface area contributed by atoms with Gasteiger partial charge in [0, 0.05) is 12.6 Å². The minimum absolute atomic E-state index is 0.141. The molecule has 3 nitrogen and oxygen atoms in total. The van der Waals surface area contributed by atoms with Crippen LogP contribution in [0.2, 0.25) is 0 Å². The van der Waals surface area contributed by atoms with Crippen LogP contribution in [0.25, 0.3) is 0 Å². The molecule has 1 aliphatic carbocycles. The Morgan fingerprint density at radius 1 is 1.37 bits per heavy atom. The van der Waals surface area contributed by atoms with E-state index in [1.165, 1.54) is 13.0 Å². The van der Waals surface area contributed by atoms with Crippen LogP contribution in [0.3, 0.4) is 0 Å². The highest BCUT2D eigenvalue weighted by molar-refractivity contribution is 5.94. The zero-order chi connectivity index (χ0) is 14.0. The van der Waals surface area contributed by atoms with Gasteiger partial charge in [0.05, 0.1) is 11.7 Å². The number of halogens is 2. The zero-order valence-corrected chi connectivity index (χ0v) is 10.7. The number of amides is 1. The molecule has 0 saturated heterocycles. The third-order valence-corrected chi connectivity index (χ3v) is 3.56. The number of aliphatic hydroxyl groups excluding tert-OH is 1. The van der Waals surface area contributed by atoms with Gasteiger partial charge in [0.25, 0.3) is 5.91 Å². The summed E-state index contributed by atoms with van der Waals surface area (Å²) in [4.78, 5) is 11.8. The molecule has 0 aromatic heterocycles. The first-order valence-corrected chi connectivity index (χ1v) is 6.39. The second-order valence-corrected chi connectivity index (χ2v) is 5.12. The molecule has 2 atom stereocenters. The summed E-state index contributed by atoms with van der Waals surface area (Å²) in [5, 5.41) is 12.0. The predicted octanol–water partition coefficient (Wildman–Crippen LogP) is 2.16. The first-order chi connectivity index (χ1) is 8.97. The molecule has 1 amide bonds. The molecular formula is C14H17F2NO2. The second kappa shape index (κ2) is 5.65. The summed E-state index contributed by atoms with van der Waals surface area (Å²) in [6.07, 6.45) is 1.95. The van der Waals surface area contributed by atoms with Crippen LogP contribution >= 0.6 is 0 Å². The van der Waals surface area contributed by atoms with Gasteiger partial charge in [-0.2, -0.15) is 0 Å². The fourth-order valence-electron chi connectivity index (χ4n) is 2.40. The number of benzene rings is 1. The van der Waals surface area contributed by atoms with Crippen LogP contribution in [0, 0.1) is 24.5 Å². The molecule has 0 radical (unpaired) electrons. The monoisotopic (exact) mass is 269 g/mol. The lowest BCUT2D eigenvalue weighted by Crippen LogP contribution is -2.29. The summed E-state index contributed by atoms with van der Waals surface area (Å²) in [6, 6.07) is 1.94. The van der Waals surface area contributed by atoms with Gasteiger partial charge in [0.15, 0.2) is 0 Å². The molecule has 2 rings (SSSR count). The predicted molar refractivity (Wildman–Crippen MR) is 66.8 cm³/mol. The molecule has 2 unspecified atom stereocenters. The Balaban J connectivity index is 1.98. The van der Waals surface area contributed by atoms with Gasteiger partial charge in [-0.1, -0.05) is 0 Å². The standard InChI is InChI=1S/C14H17F2NO2/c1-8-4-11(13(16)6-12(8)15)14(19)17-7-9-2-3-10(18)5-9/h4,6,9-10,18H,2-3,5,7H2,1H3,(H,17,19). The van der Waals surface area contributed by atoms with Crippen molar-refractivity contribution in [1.82, 2.24) is 5.32 Å². The topological polar surface area (TPSA) is 49.3 Å². The molecular weight excluding hydrogens is 252 g/mol. The van der Waals surface area contributed by atoms with Crippen molar-refractivity contribution in [3.05, 3.63) is 34.9 Å². The van der Waals surface area contributed by atoms with E-state index in [-0.39, 0.29) is 23.1 Å². The summed E-state index contributed by atoms with van der Waals surface area (Å²) in [6.45, 7) is 1.89. The maximum atomic E-state index is 13.5. The van der Waals surface area contributed by atoms with Crippen LogP contribution in [0.1, 0.15) is 35.2 Å². The Kier molecular flexibility index (Phi) is 4.14. The maximum absolute atomic E-state index is 13.5. The summed E-state index contributed by atoms with van der Waals surface area (Å²) < 4.78 is 26.6. The third-order valence-electron chi connectivity index (χ3n) is 3.56. The largest absolute Gasteiger partial charge is 0.393 e. The van der Waals surface area contributed by atoms with Gasteiger partial charge in [0.2, 0.25) is 0 Å². The summed E-state index contributed by atoms with van der Waals surface area (Å²) in [5.41, 5.74) is 0.0975. The molecule has 19 heavy (non-hydrogen) atoms. The van der Waals surface area contributed by atoms with E-state index in [0.29, 0.717) is 13.0 Å². The van der Waals surface area contributed by atoms with Gasteiger partial charge in [-0.3, -0.25) is 4.79 Å². The molecule has 0 bridgehead atoms. The van der Waals surface area contributed by atoms with Crippen molar-refractivity contribution in [2.45, 2.75) is 32.3 Å². The van der Waals surface area contributed by atoms with E-state index >= 15 is 0 Å². The number of carbonyl (C=O) groups is 1. The second-order valence-electron chi connectivity index (χ2n) is 5.12. The van der Waals surface area contributed by atoms with E-state index in [1.54, 1.807) is 0 Å². The lowest BCUT2D eigenvalue weighted by molar-refractivity contribution is 0.0941. The summed E-state index contributed by atoms with van der Waals surface area (Å²) in [5.74, 6) is -1.83. The fraction of sp³-hybridized carbons (Fsp3) is 0.500. The van der Waals surface area contributed by atoms with Gasteiger partial charge >= 0.3 is 0 Å². The van der Waals surface area contributed by atoms with Crippen molar-refractivity contribution in [1.29, 1.82) is 0 Å². The zero-order valence-electron chi connectivity index (χ0n) is 10.7. The highest BCUT2D eigenvalue weighted by Gasteiger charge is 2.23. The summed E-state index contributed by atoms with van der Waals surface area (Å²) in [7, 11) is 0. The van der Waals surface area contributed by atoms with E-state index in [9.17, 15) is 18.7 Å². The Bertz CT molecular complexity index is 491. The molecule has 5 heteroatoms. The van der Waals surface area contributed by atoms with Crippen molar-refractivity contribution < 1.29 is 18.7 Å². The van der Waals surface area contributed by atoms with Crippen LogP contribution in [0.5, 0.6) is 0 Å². The average molecular weight is 269 g/mol. The first kappa shape index (κ1) is 13.9. The third kappa shape index (κ3) is 3.29. The lowest BCUT2D eigenvalue weighted by Gasteiger charge is -2.11. The number of nitrogens with one attached hydrogen (secondary N) is 1. The quantitative estimate of drug-likeness (QED) is 0.883. The highest BCUT2D eigenvalue weighted by atomic mass is 19.1. The van der Waals surface area contributed by atoms with Gasteiger partial charge < -0.3 is 10.4 Å². The van der Waals surface area contributed by atoms with Crippen LogP contribution in [0.15, 0.2) is 12.1 Å². The molecule has 2 N–H and O–H groups in total. The maximum Gasteiger partial charge on any atom is 0.254 e. The minimum Gasteiger partial charge on any atom is -0.393 e. The van der Waals surface area contributed by atoms with Crippen LogP contribution in [0.4, 0.5) is 8.78 Å². The van der Waals surface area contributed by atoms with E-state index in [2.05, 4.69) is 5.32 Å². The van der Waals surface area contributed by atoms with Crippen molar-refractivity contribution in [3.63, 3.8) is 0 Å². The van der Waals surface area contributed by atoms with E-state index in [4.69, 9.17) is 0 Å². The fourth-order valence-corrected chi connectivity index (χ4v) is 2.40. The average Bonchev–Trinajstić information content (AvgIpc) is 2.77. The van der Waals surface area contributed by atoms with Crippen molar-refractivity contribution in [3.8, 4) is 0 Å². The van der Waals surface area contributed by atoms with Crippen LogP contribution < -0.4 is 5.32 Å². The Morgan fingerprint density at radius 2 is 2.11 bits per heavy atom. The molecule has 1 aliphatic rings. The van der Waals surface area contributed by atoms with Crippen molar-refractivity contribution in [2.24, 2.45) is 5.92 Å². The number of aliphatic hydroxyl groups is 1. The Morgan fingerprint density at radius 3 is 2.74 bits per heavy atom. The molecule has 104 valence electrons. The number of carbonyl (C=O) groups excluding carboxylic acids is 1. The van der Waals surface area contributed by atoms with E-state index in [0.717, 1.165) is 18.9 Å². The molecule has 0 spiro atoms. The van der Waals surface area contributed by atoms with Gasteiger partial charge in [0.1, 0.15) is 11.6 Å². The van der Waals surface area contributed by atoms with Crippen molar-refractivity contribution >= 4 is 5.91 Å². The number of hydrogen-bond acceptors (Lipinski definition) is 2. The van der Waals surface area contributed by atoms with E-state index in [1.807, 2.05) is 0 Å². The molecule has 0 heterocycles. The first-order valence-electron chi connectivity index (χ1n) is 6.39. The Hall–Kier alpha value is -1.49.